The highest BCUT2D eigenvalue weighted by molar-refractivity contribution is 5.97. The van der Waals surface area contributed by atoms with Gasteiger partial charge < -0.3 is 20.4 Å². The zero-order valence-electron chi connectivity index (χ0n) is 19.7. The summed E-state index contributed by atoms with van der Waals surface area (Å²) in [6.45, 7) is 9.31. The molecule has 0 unspecified atom stereocenters. The van der Waals surface area contributed by atoms with Crippen LogP contribution in [0.1, 0.15) is 64.5 Å². The van der Waals surface area contributed by atoms with Gasteiger partial charge in [0.25, 0.3) is 11.2 Å². The minimum absolute atomic E-state index is 0.0798. The number of nitro groups is 1. The Balaban J connectivity index is 2.32. The van der Waals surface area contributed by atoms with E-state index < -0.39 is 10.8 Å². The summed E-state index contributed by atoms with van der Waals surface area (Å²) in [6, 6.07) is 3.22. The Morgan fingerprint density at radius 3 is 2.45 bits per heavy atom. The van der Waals surface area contributed by atoms with Crippen LogP contribution in [0.3, 0.4) is 0 Å². The number of nitrogens with two attached hydrogens (primary N) is 1. The van der Waals surface area contributed by atoms with Gasteiger partial charge in [0.2, 0.25) is 5.91 Å². The number of aryl methyl sites for hydroxylation is 2. The molecule has 2 heterocycles. The van der Waals surface area contributed by atoms with E-state index in [9.17, 15) is 19.7 Å². The number of carbonyl (C=O) groups is 1. The molecule has 33 heavy (non-hydrogen) atoms. The molecule has 3 rings (SSSR count). The molecule has 1 saturated heterocycles. The average molecular weight is 457 g/mol. The van der Waals surface area contributed by atoms with Gasteiger partial charge in [0.15, 0.2) is 0 Å². The molecule has 9 nitrogen and oxygen atoms in total. The van der Waals surface area contributed by atoms with E-state index in [1.807, 2.05) is 19.9 Å². The normalized spacial score (nSPS) is 14.3. The van der Waals surface area contributed by atoms with Crippen molar-refractivity contribution < 1.29 is 14.5 Å². The maximum Gasteiger partial charge on any atom is 0.275 e. The Kier molecular flexibility index (Phi) is 7.53. The van der Waals surface area contributed by atoms with E-state index >= 15 is 0 Å². The van der Waals surface area contributed by atoms with Gasteiger partial charge in [0.1, 0.15) is 0 Å². The van der Waals surface area contributed by atoms with Crippen molar-refractivity contribution in [2.45, 2.75) is 59.4 Å². The van der Waals surface area contributed by atoms with Crippen molar-refractivity contribution >= 4 is 17.3 Å². The number of hydrogen-bond acceptors (Lipinski definition) is 6. The number of aromatic amines is 1. The van der Waals surface area contributed by atoms with Crippen molar-refractivity contribution in [1.82, 2.24) is 4.98 Å². The van der Waals surface area contributed by atoms with Crippen molar-refractivity contribution in [2.75, 3.05) is 24.7 Å². The standard InChI is InChI=1S/C24H32N4O5/c1-5-8-27(17-6-9-33-10-7-17)22-16(4)19(23(25)29)13-21(28(31)32)20(22)12-18-14(2)11-15(3)26-24(18)30/h11,13,17H,5-10,12H2,1-4H3,(H2,25,29)(H,26,30). The summed E-state index contributed by atoms with van der Waals surface area (Å²) in [4.78, 5) is 41.6. The zero-order valence-corrected chi connectivity index (χ0v) is 19.7. The van der Waals surface area contributed by atoms with Crippen LogP contribution in [0.25, 0.3) is 0 Å². The number of nitro benzene ring substituents is 1. The number of nitrogens with zero attached hydrogens (tertiary/aromatic N) is 2. The molecule has 1 aromatic heterocycles. The number of amides is 1. The van der Waals surface area contributed by atoms with Gasteiger partial charge in [-0.15, -0.1) is 0 Å². The number of carbonyl (C=O) groups excluding carboxylic acids is 1. The molecule has 0 atom stereocenters. The highest BCUT2D eigenvalue weighted by Crippen LogP contribution is 2.39. The van der Waals surface area contributed by atoms with Gasteiger partial charge in [-0.25, -0.2) is 0 Å². The summed E-state index contributed by atoms with van der Waals surface area (Å²) >= 11 is 0. The molecule has 1 aliphatic rings. The van der Waals surface area contributed by atoms with Crippen LogP contribution < -0.4 is 16.2 Å². The first-order valence-electron chi connectivity index (χ1n) is 11.3. The van der Waals surface area contributed by atoms with Gasteiger partial charge in [-0.05, 0) is 57.2 Å². The number of ether oxygens (including phenoxy) is 1. The molecule has 1 aliphatic heterocycles. The number of anilines is 1. The molecular formula is C24H32N4O5. The lowest BCUT2D eigenvalue weighted by molar-refractivity contribution is -0.385. The fraction of sp³-hybridized carbons (Fsp3) is 0.500. The van der Waals surface area contributed by atoms with Gasteiger partial charge in [-0.2, -0.15) is 0 Å². The second kappa shape index (κ2) is 10.2. The van der Waals surface area contributed by atoms with Crippen LogP contribution in [-0.2, 0) is 11.2 Å². The second-order valence-corrected chi connectivity index (χ2v) is 8.67. The van der Waals surface area contributed by atoms with Crippen LogP contribution >= 0.6 is 0 Å². The SMILES string of the molecule is CCCN(c1c(C)c(C(N)=O)cc([N+](=O)[O-])c1Cc1c(C)cc(C)[nH]c1=O)C1CCOCC1. The fourth-order valence-electron chi connectivity index (χ4n) is 4.78. The molecule has 0 aliphatic carbocycles. The molecule has 0 radical (unpaired) electrons. The number of rotatable bonds is 8. The van der Waals surface area contributed by atoms with Crippen molar-refractivity contribution in [2.24, 2.45) is 5.73 Å². The first-order valence-corrected chi connectivity index (χ1v) is 11.3. The quantitative estimate of drug-likeness (QED) is 0.463. The van der Waals surface area contributed by atoms with Gasteiger partial charge >= 0.3 is 0 Å². The van der Waals surface area contributed by atoms with E-state index in [-0.39, 0.29) is 29.3 Å². The molecule has 2 aromatic rings. The highest BCUT2D eigenvalue weighted by Gasteiger charge is 2.32. The Bertz CT molecular complexity index is 1120. The lowest BCUT2D eigenvalue weighted by Gasteiger charge is -2.38. The zero-order chi connectivity index (χ0) is 24.3. The van der Waals surface area contributed by atoms with Crippen LogP contribution in [0, 0.1) is 30.9 Å². The number of pyridine rings is 1. The number of nitrogens with one attached hydrogen (secondary N) is 1. The highest BCUT2D eigenvalue weighted by atomic mass is 16.6. The third-order valence-electron chi connectivity index (χ3n) is 6.33. The topological polar surface area (TPSA) is 132 Å². The molecule has 1 amide bonds. The third kappa shape index (κ3) is 5.08. The third-order valence-corrected chi connectivity index (χ3v) is 6.33. The number of H-pyrrole nitrogens is 1. The van der Waals surface area contributed by atoms with Gasteiger partial charge in [-0.1, -0.05) is 6.92 Å². The predicted octanol–water partition coefficient (Wildman–Crippen LogP) is 3.29. The predicted molar refractivity (Wildman–Crippen MR) is 127 cm³/mol. The van der Waals surface area contributed by atoms with E-state index in [0.29, 0.717) is 42.1 Å². The molecule has 3 N–H and O–H groups in total. The number of benzene rings is 1. The molecule has 0 bridgehead atoms. The van der Waals surface area contributed by atoms with E-state index in [1.54, 1.807) is 13.8 Å². The summed E-state index contributed by atoms with van der Waals surface area (Å²) in [7, 11) is 0. The van der Waals surface area contributed by atoms with Crippen LogP contribution in [-0.4, -0.2) is 41.6 Å². The van der Waals surface area contributed by atoms with Gasteiger partial charge in [0.05, 0.1) is 21.7 Å². The Morgan fingerprint density at radius 2 is 1.91 bits per heavy atom. The first-order chi connectivity index (χ1) is 15.6. The molecule has 1 fully saturated rings. The number of aromatic nitrogens is 1. The van der Waals surface area contributed by atoms with E-state index in [0.717, 1.165) is 30.5 Å². The molecule has 0 saturated carbocycles. The van der Waals surface area contributed by atoms with Crippen LogP contribution in [0.4, 0.5) is 11.4 Å². The molecule has 9 heteroatoms. The van der Waals surface area contributed by atoms with E-state index in [2.05, 4.69) is 9.88 Å². The van der Waals surface area contributed by atoms with Crippen LogP contribution in [0.2, 0.25) is 0 Å². The number of hydrogen-bond donors (Lipinski definition) is 2. The van der Waals surface area contributed by atoms with Crippen molar-refractivity contribution in [3.05, 3.63) is 66.1 Å². The van der Waals surface area contributed by atoms with Gasteiger partial charge in [0, 0.05) is 49.5 Å². The van der Waals surface area contributed by atoms with Crippen LogP contribution in [0.15, 0.2) is 16.9 Å². The minimum atomic E-state index is -0.712. The maximum absolute atomic E-state index is 12.8. The lowest BCUT2D eigenvalue weighted by Crippen LogP contribution is -2.41. The van der Waals surface area contributed by atoms with E-state index in [1.165, 1.54) is 6.07 Å². The maximum atomic E-state index is 12.8. The monoisotopic (exact) mass is 456 g/mol. The van der Waals surface area contributed by atoms with E-state index in [4.69, 9.17) is 10.5 Å². The minimum Gasteiger partial charge on any atom is -0.381 e. The van der Waals surface area contributed by atoms with Crippen molar-refractivity contribution in [3.8, 4) is 0 Å². The Morgan fingerprint density at radius 1 is 1.24 bits per heavy atom. The molecule has 0 spiro atoms. The molecule has 178 valence electrons. The number of primary amides is 1. The smallest absolute Gasteiger partial charge is 0.275 e. The first kappa shape index (κ1) is 24.4. The Hall–Kier alpha value is -3.20. The second-order valence-electron chi connectivity index (χ2n) is 8.67. The lowest BCUT2D eigenvalue weighted by atomic mass is 9.91. The summed E-state index contributed by atoms with van der Waals surface area (Å²) in [6.07, 6.45) is 2.45. The van der Waals surface area contributed by atoms with Crippen LogP contribution in [0.5, 0.6) is 0 Å². The molecular weight excluding hydrogens is 424 g/mol. The van der Waals surface area contributed by atoms with Crippen molar-refractivity contribution in [1.29, 1.82) is 0 Å². The summed E-state index contributed by atoms with van der Waals surface area (Å²) in [5.41, 5.74) is 8.91. The summed E-state index contributed by atoms with van der Waals surface area (Å²) < 4.78 is 5.53. The Labute approximate surface area is 193 Å². The fourth-order valence-corrected chi connectivity index (χ4v) is 4.78. The van der Waals surface area contributed by atoms with Crippen molar-refractivity contribution in [3.63, 3.8) is 0 Å². The van der Waals surface area contributed by atoms with Gasteiger partial charge in [-0.3, -0.25) is 19.7 Å². The summed E-state index contributed by atoms with van der Waals surface area (Å²) in [5.74, 6) is -0.712. The summed E-state index contributed by atoms with van der Waals surface area (Å²) in [5, 5.41) is 12.2. The largest absolute Gasteiger partial charge is 0.381 e. The average Bonchev–Trinajstić information content (AvgIpc) is 2.75. The molecule has 1 aromatic carbocycles.